The fourth-order valence-electron chi connectivity index (χ4n) is 2.34. The smallest absolute Gasteiger partial charge is 0.494 e. The lowest BCUT2D eigenvalue weighted by molar-refractivity contribution is 0.340. The molecular formula is C20H18F2NO4P. The highest BCUT2D eigenvalue weighted by molar-refractivity contribution is 7.56. The minimum Gasteiger partial charge on any atom is -0.494 e. The van der Waals surface area contributed by atoms with Crippen molar-refractivity contribution in [3.63, 3.8) is 0 Å². The zero-order chi connectivity index (χ0) is 20.0. The van der Waals surface area contributed by atoms with Gasteiger partial charge < -0.3 is 13.8 Å². The Labute approximate surface area is 161 Å². The standard InChI is InChI=1S/C20H18F2NO4P/c1-2-25-16-9-7-8-15(14-16)23-28(24,26-19-12-5-3-10-17(19)21)27-20-13-6-4-11-18(20)22/h3-14H,2H2,1H3,(H,23,24). The third-order valence-corrected chi connectivity index (χ3v) is 4.93. The van der Waals surface area contributed by atoms with Crippen LogP contribution in [0.15, 0.2) is 72.8 Å². The van der Waals surface area contributed by atoms with Crippen molar-refractivity contribution in [2.45, 2.75) is 6.92 Å². The van der Waals surface area contributed by atoms with Crippen molar-refractivity contribution in [1.82, 2.24) is 0 Å². The molecule has 0 aliphatic heterocycles. The number of ether oxygens (including phenoxy) is 1. The first kappa shape index (κ1) is 19.7. The first-order chi connectivity index (χ1) is 13.5. The van der Waals surface area contributed by atoms with Crippen LogP contribution in [0.2, 0.25) is 0 Å². The normalized spacial score (nSPS) is 11.0. The molecule has 0 saturated carbocycles. The average Bonchev–Trinajstić information content (AvgIpc) is 2.66. The Bertz CT molecular complexity index is 948. The van der Waals surface area contributed by atoms with Gasteiger partial charge in [0.1, 0.15) is 5.75 Å². The van der Waals surface area contributed by atoms with Crippen molar-refractivity contribution in [1.29, 1.82) is 0 Å². The van der Waals surface area contributed by atoms with Crippen molar-refractivity contribution in [3.8, 4) is 17.2 Å². The predicted molar refractivity (Wildman–Crippen MR) is 103 cm³/mol. The molecule has 0 atom stereocenters. The number of para-hydroxylation sites is 2. The van der Waals surface area contributed by atoms with Crippen LogP contribution in [0.5, 0.6) is 17.2 Å². The molecule has 0 saturated heterocycles. The molecule has 0 unspecified atom stereocenters. The Hall–Kier alpha value is -3.05. The topological polar surface area (TPSA) is 56.8 Å². The van der Waals surface area contributed by atoms with E-state index in [1.165, 1.54) is 36.4 Å². The molecule has 0 radical (unpaired) electrons. The van der Waals surface area contributed by atoms with E-state index in [9.17, 15) is 13.3 Å². The van der Waals surface area contributed by atoms with E-state index in [1.807, 2.05) is 6.92 Å². The number of hydrogen-bond donors (Lipinski definition) is 1. The molecule has 0 aliphatic rings. The summed E-state index contributed by atoms with van der Waals surface area (Å²) in [4.78, 5) is 0. The molecule has 3 aromatic rings. The highest BCUT2D eigenvalue weighted by Gasteiger charge is 2.31. The molecule has 5 nitrogen and oxygen atoms in total. The van der Waals surface area contributed by atoms with E-state index in [1.54, 1.807) is 24.3 Å². The molecule has 0 amide bonds. The molecule has 0 aliphatic carbocycles. The van der Waals surface area contributed by atoms with Crippen LogP contribution in [0.25, 0.3) is 0 Å². The first-order valence-electron chi connectivity index (χ1n) is 8.48. The SMILES string of the molecule is CCOc1cccc(NP(=O)(Oc2ccccc2F)Oc2ccccc2F)c1. The summed E-state index contributed by atoms with van der Waals surface area (Å²) >= 11 is 0. The van der Waals surface area contributed by atoms with Crippen LogP contribution in [-0.2, 0) is 4.57 Å². The number of nitrogens with one attached hydrogen (secondary N) is 1. The molecule has 3 rings (SSSR count). The van der Waals surface area contributed by atoms with Gasteiger partial charge in [0.05, 0.1) is 6.61 Å². The molecule has 28 heavy (non-hydrogen) atoms. The molecule has 0 heterocycles. The van der Waals surface area contributed by atoms with Gasteiger partial charge >= 0.3 is 7.75 Å². The molecule has 0 bridgehead atoms. The average molecular weight is 405 g/mol. The van der Waals surface area contributed by atoms with Gasteiger partial charge in [-0.1, -0.05) is 30.3 Å². The highest BCUT2D eigenvalue weighted by atomic mass is 31.2. The van der Waals surface area contributed by atoms with Crippen molar-refractivity contribution in [2.75, 3.05) is 11.7 Å². The molecule has 8 heteroatoms. The van der Waals surface area contributed by atoms with Crippen LogP contribution in [-0.4, -0.2) is 6.61 Å². The van der Waals surface area contributed by atoms with Gasteiger partial charge in [-0.25, -0.2) is 13.3 Å². The second-order valence-corrected chi connectivity index (χ2v) is 7.20. The molecule has 0 fully saturated rings. The Morgan fingerprint density at radius 3 is 1.96 bits per heavy atom. The summed E-state index contributed by atoms with van der Waals surface area (Å²) in [6, 6.07) is 17.4. The van der Waals surface area contributed by atoms with Crippen molar-refractivity contribution in [3.05, 3.63) is 84.4 Å². The van der Waals surface area contributed by atoms with Gasteiger partial charge in [-0.3, -0.25) is 5.09 Å². The van der Waals surface area contributed by atoms with E-state index >= 15 is 0 Å². The minimum absolute atomic E-state index is 0.296. The first-order valence-corrected chi connectivity index (χ1v) is 10.0. The fraction of sp³-hybridized carbons (Fsp3) is 0.100. The molecule has 0 spiro atoms. The van der Waals surface area contributed by atoms with E-state index in [4.69, 9.17) is 13.8 Å². The number of hydrogen-bond acceptors (Lipinski definition) is 4. The number of anilines is 1. The molecule has 3 aromatic carbocycles. The predicted octanol–water partition coefficient (Wildman–Crippen LogP) is 6.04. The van der Waals surface area contributed by atoms with Crippen LogP contribution >= 0.6 is 7.75 Å². The number of benzene rings is 3. The monoisotopic (exact) mass is 405 g/mol. The van der Waals surface area contributed by atoms with Crippen molar-refractivity contribution >= 4 is 13.4 Å². The lowest BCUT2D eigenvalue weighted by Crippen LogP contribution is -2.11. The molecule has 0 aromatic heterocycles. The quantitative estimate of drug-likeness (QED) is 0.463. The Morgan fingerprint density at radius 1 is 0.857 bits per heavy atom. The van der Waals surface area contributed by atoms with E-state index in [0.717, 1.165) is 12.1 Å². The number of halogens is 2. The van der Waals surface area contributed by atoms with Crippen LogP contribution in [0.3, 0.4) is 0 Å². The summed E-state index contributed by atoms with van der Waals surface area (Å²) in [5.41, 5.74) is 0.335. The largest absolute Gasteiger partial charge is 0.541 e. The van der Waals surface area contributed by atoms with E-state index in [0.29, 0.717) is 18.0 Å². The maximum atomic E-state index is 14.0. The third kappa shape index (κ3) is 5.02. The zero-order valence-corrected chi connectivity index (χ0v) is 15.9. The lowest BCUT2D eigenvalue weighted by atomic mass is 10.3. The van der Waals surface area contributed by atoms with Crippen molar-refractivity contribution in [2.24, 2.45) is 0 Å². The van der Waals surface area contributed by atoms with Gasteiger partial charge in [0, 0.05) is 11.8 Å². The van der Waals surface area contributed by atoms with Gasteiger partial charge in [-0.05, 0) is 43.3 Å². The van der Waals surface area contributed by atoms with Gasteiger partial charge in [0.25, 0.3) is 0 Å². The lowest BCUT2D eigenvalue weighted by Gasteiger charge is -2.21. The Balaban J connectivity index is 1.94. The van der Waals surface area contributed by atoms with E-state index in [-0.39, 0.29) is 11.5 Å². The summed E-state index contributed by atoms with van der Waals surface area (Å²) in [5, 5.41) is 2.60. The number of rotatable bonds is 8. The summed E-state index contributed by atoms with van der Waals surface area (Å²) in [6.07, 6.45) is 0. The highest BCUT2D eigenvalue weighted by Crippen LogP contribution is 2.49. The molecular weight excluding hydrogens is 387 g/mol. The summed E-state index contributed by atoms with van der Waals surface area (Å²) in [7, 11) is -4.26. The van der Waals surface area contributed by atoms with Crippen LogP contribution in [0.4, 0.5) is 14.5 Å². The minimum atomic E-state index is -4.26. The molecule has 146 valence electrons. The van der Waals surface area contributed by atoms with Crippen LogP contribution < -0.4 is 18.9 Å². The van der Waals surface area contributed by atoms with E-state index in [2.05, 4.69) is 5.09 Å². The fourth-order valence-corrected chi connectivity index (χ4v) is 3.74. The summed E-state index contributed by atoms with van der Waals surface area (Å²) in [6.45, 7) is 2.27. The third-order valence-electron chi connectivity index (χ3n) is 3.52. The summed E-state index contributed by atoms with van der Waals surface area (Å²) in [5.74, 6) is -1.53. The second-order valence-electron chi connectivity index (χ2n) is 5.61. The van der Waals surface area contributed by atoms with E-state index < -0.39 is 19.4 Å². The zero-order valence-electron chi connectivity index (χ0n) is 15.0. The van der Waals surface area contributed by atoms with Crippen LogP contribution in [0.1, 0.15) is 6.92 Å². The van der Waals surface area contributed by atoms with Gasteiger partial charge in [-0.2, -0.15) is 0 Å². The van der Waals surface area contributed by atoms with Gasteiger partial charge in [0.15, 0.2) is 23.1 Å². The Kier molecular flexibility index (Phi) is 6.16. The van der Waals surface area contributed by atoms with Gasteiger partial charge in [0.2, 0.25) is 0 Å². The maximum absolute atomic E-state index is 14.0. The molecule has 1 N–H and O–H groups in total. The van der Waals surface area contributed by atoms with Crippen molar-refractivity contribution < 1.29 is 27.1 Å². The van der Waals surface area contributed by atoms with Crippen LogP contribution in [0, 0.1) is 11.6 Å². The maximum Gasteiger partial charge on any atom is 0.541 e. The second kappa shape index (κ2) is 8.76. The van der Waals surface area contributed by atoms with Gasteiger partial charge in [-0.15, -0.1) is 0 Å². The Morgan fingerprint density at radius 2 is 1.43 bits per heavy atom. The summed E-state index contributed by atoms with van der Waals surface area (Å²) < 4.78 is 57.5.